The van der Waals surface area contributed by atoms with Crippen LogP contribution in [-0.4, -0.2) is 17.7 Å². The Balaban J connectivity index is 2.01. The van der Waals surface area contributed by atoms with Crippen molar-refractivity contribution in [1.29, 1.82) is 5.26 Å². The van der Waals surface area contributed by atoms with E-state index in [-0.39, 0.29) is 5.41 Å². The summed E-state index contributed by atoms with van der Waals surface area (Å²) < 4.78 is 5.66. The second-order valence-corrected chi connectivity index (χ2v) is 4.91. The van der Waals surface area contributed by atoms with Crippen LogP contribution in [-0.2, 0) is 0 Å². The first-order valence-electron chi connectivity index (χ1n) is 5.90. The summed E-state index contributed by atoms with van der Waals surface area (Å²) in [6.45, 7) is 2.28. The van der Waals surface area contributed by atoms with Crippen LogP contribution in [0.25, 0.3) is 0 Å². The highest BCUT2D eigenvalue weighted by molar-refractivity contribution is 5.89. The fourth-order valence-electron chi connectivity index (χ4n) is 1.92. The molecule has 1 N–H and O–H groups in total. The van der Waals surface area contributed by atoms with Crippen molar-refractivity contribution < 1.29 is 14.6 Å². The van der Waals surface area contributed by atoms with Crippen LogP contribution >= 0.6 is 0 Å². The molecule has 0 spiro atoms. The van der Waals surface area contributed by atoms with E-state index in [1.807, 2.05) is 0 Å². The lowest BCUT2D eigenvalue weighted by Crippen LogP contribution is -2.12. The van der Waals surface area contributed by atoms with Gasteiger partial charge < -0.3 is 9.84 Å². The molecule has 1 aromatic rings. The molecule has 0 atom stereocenters. The van der Waals surface area contributed by atoms with Crippen molar-refractivity contribution in [3.05, 3.63) is 29.3 Å². The second kappa shape index (κ2) is 4.69. The molecule has 1 aromatic carbocycles. The molecule has 1 saturated carbocycles. The lowest BCUT2D eigenvalue weighted by molar-refractivity contribution is 0.0696. The summed E-state index contributed by atoms with van der Waals surface area (Å²) in [4.78, 5) is 10.9. The van der Waals surface area contributed by atoms with Crippen molar-refractivity contribution in [2.45, 2.75) is 26.2 Å². The molecule has 0 bridgehead atoms. The van der Waals surface area contributed by atoms with Crippen molar-refractivity contribution in [3.63, 3.8) is 0 Å². The van der Waals surface area contributed by atoms with Crippen molar-refractivity contribution in [2.24, 2.45) is 5.41 Å². The molecule has 4 nitrogen and oxygen atoms in total. The fourth-order valence-corrected chi connectivity index (χ4v) is 1.92. The number of hydrogen-bond acceptors (Lipinski definition) is 3. The van der Waals surface area contributed by atoms with Crippen molar-refractivity contribution >= 4 is 5.97 Å². The maximum absolute atomic E-state index is 10.9. The number of benzene rings is 1. The SMILES string of the molecule is Cc1cc(OCC2(CC#N)CC2)ccc1C(=O)O. The number of aromatic carboxylic acids is 1. The zero-order valence-corrected chi connectivity index (χ0v) is 10.3. The minimum atomic E-state index is -0.929. The number of carbonyl (C=O) groups is 1. The molecule has 1 aliphatic rings. The van der Waals surface area contributed by atoms with Gasteiger partial charge in [0.2, 0.25) is 0 Å². The smallest absolute Gasteiger partial charge is 0.335 e. The maximum Gasteiger partial charge on any atom is 0.335 e. The third-order valence-electron chi connectivity index (χ3n) is 3.38. The third kappa shape index (κ3) is 2.62. The topological polar surface area (TPSA) is 70.3 Å². The van der Waals surface area contributed by atoms with Gasteiger partial charge in [-0.2, -0.15) is 5.26 Å². The zero-order chi connectivity index (χ0) is 13.2. The van der Waals surface area contributed by atoms with Crippen LogP contribution in [0.1, 0.15) is 35.2 Å². The molecule has 94 valence electrons. The van der Waals surface area contributed by atoms with Crippen LogP contribution in [0.3, 0.4) is 0 Å². The predicted molar refractivity (Wildman–Crippen MR) is 65.5 cm³/mol. The van der Waals surface area contributed by atoms with E-state index < -0.39 is 5.97 Å². The Morgan fingerprint density at radius 2 is 2.28 bits per heavy atom. The number of aryl methyl sites for hydroxylation is 1. The van der Waals surface area contributed by atoms with Crippen LogP contribution in [0.4, 0.5) is 0 Å². The lowest BCUT2D eigenvalue weighted by Gasteiger charge is -2.13. The minimum Gasteiger partial charge on any atom is -0.493 e. The molecule has 0 heterocycles. The maximum atomic E-state index is 10.9. The summed E-state index contributed by atoms with van der Waals surface area (Å²) in [5, 5.41) is 17.6. The van der Waals surface area contributed by atoms with Crippen molar-refractivity contribution in [2.75, 3.05) is 6.61 Å². The first kappa shape index (κ1) is 12.4. The molecule has 0 aliphatic heterocycles. The van der Waals surface area contributed by atoms with Gasteiger partial charge in [-0.25, -0.2) is 4.79 Å². The number of rotatable bonds is 5. The van der Waals surface area contributed by atoms with Crippen LogP contribution in [0.15, 0.2) is 18.2 Å². The van der Waals surface area contributed by atoms with Gasteiger partial charge in [-0.05, 0) is 43.5 Å². The number of carboxylic acids is 1. The highest BCUT2D eigenvalue weighted by atomic mass is 16.5. The normalized spacial score (nSPS) is 15.8. The highest BCUT2D eigenvalue weighted by Crippen LogP contribution is 2.48. The van der Waals surface area contributed by atoms with E-state index in [0.717, 1.165) is 12.8 Å². The van der Waals surface area contributed by atoms with Gasteiger partial charge >= 0.3 is 5.97 Å². The molecular weight excluding hydrogens is 230 g/mol. The first-order chi connectivity index (χ1) is 8.56. The molecule has 0 unspecified atom stereocenters. The van der Waals surface area contributed by atoms with E-state index in [2.05, 4.69) is 6.07 Å². The molecular formula is C14H15NO3. The average Bonchev–Trinajstić information content (AvgIpc) is 3.07. The molecule has 0 amide bonds. The molecule has 0 radical (unpaired) electrons. The zero-order valence-electron chi connectivity index (χ0n) is 10.3. The van der Waals surface area contributed by atoms with Gasteiger partial charge in [-0.3, -0.25) is 0 Å². The third-order valence-corrected chi connectivity index (χ3v) is 3.38. The Bertz CT molecular complexity index is 512. The molecule has 0 saturated heterocycles. The second-order valence-electron chi connectivity index (χ2n) is 4.91. The molecule has 18 heavy (non-hydrogen) atoms. The Hall–Kier alpha value is -2.02. The molecule has 0 aromatic heterocycles. The van der Waals surface area contributed by atoms with Crippen molar-refractivity contribution in [1.82, 2.24) is 0 Å². The quantitative estimate of drug-likeness (QED) is 0.865. The van der Waals surface area contributed by atoms with E-state index in [1.54, 1.807) is 25.1 Å². The summed E-state index contributed by atoms with van der Waals surface area (Å²) in [5.74, 6) is -0.260. The van der Waals surface area contributed by atoms with E-state index >= 15 is 0 Å². The fraction of sp³-hybridized carbons (Fsp3) is 0.429. The number of nitrogens with zero attached hydrogens (tertiary/aromatic N) is 1. The number of carboxylic acid groups (broad SMARTS) is 1. The van der Waals surface area contributed by atoms with Crippen LogP contribution in [0, 0.1) is 23.7 Å². The standard InChI is InChI=1S/C14H15NO3/c1-10-8-11(2-3-12(10)13(16)17)18-9-14(4-5-14)6-7-15/h2-3,8H,4-6,9H2,1H3,(H,16,17). The van der Waals surface area contributed by atoms with E-state index in [0.29, 0.717) is 29.9 Å². The Labute approximate surface area is 106 Å². The Morgan fingerprint density at radius 3 is 2.78 bits per heavy atom. The Kier molecular flexibility index (Phi) is 3.24. The van der Waals surface area contributed by atoms with Gasteiger partial charge in [-0.15, -0.1) is 0 Å². The van der Waals surface area contributed by atoms with E-state index in [9.17, 15) is 4.79 Å². The average molecular weight is 245 g/mol. The van der Waals surface area contributed by atoms with Gasteiger partial charge in [0.25, 0.3) is 0 Å². The molecule has 1 aliphatic carbocycles. The molecule has 4 heteroatoms. The first-order valence-corrected chi connectivity index (χ1v) is 5.90. The number of hydrogen-bond donors (Lipinski definition) is 1. The van der Waals surface area contributed by atoms with Crippen molar-refractivity contribution in [3.8, 4) is 11.8 Å². The minimum absolute atomic E-state index is 0.0358. The monoisotopic (exact) mass is 245 g/mol. The lowest BCUT2D eigenvalue weighted by atomic mass is 10.1. The molecule has 2 rings (SSSR count). The predicted octanol–water partition coefficient (Wildman–Crippen LogP) is 2.77. The number of nitriles is 1. The van der Waals surface area contributed by atoms with Gasteiger partial charge in [-0.1, -0.05) is 0 Å². The summed E-state index contributed by atoms with van der Waals surface area (Å²) >= 11 is 0. The van der Waals surface area contributed by atoms with Gasteiger partial charge in [0.05, 0.1) is 18.2 Å². The largest absolute Gasteiger partial charge is 0.493 e. The summed E-state index contributed by atoms with van der Waals surface area (Å²) in [6.07, 6.45) is 2.60. The molecule has 1 fully saturated rings. The van der Waals surface area contributed by atoms with E-state index in [1.165, 1.54) is 0 Å². The summed E-state index contributed by atoms with van der Waals surface area (Å²) in [6, 6.07) is 7.13. The van der Waals surface area contributed by atoms with Crippen LogP contribution in [0.5, 0.6) is 5.75 Å². The summed E-state index contributed by atoms with van der Waals surface area (Å²) in [5.41, 5.74) is 1.01. The van der Waals surface area contributed by atoms with Crippen LogP contribution in [0.2, 0.25) is 0 Å². The Morgan fingerprint density at radius 1 is 1.56 bits per heavy atom. The van der Waals surface area contributed by atoms with Crippen LogP contribution < -0.4 is 4.74 Å². The van der Waals surface area contributed by atoms with E-state index in [4.69, 9.17) is 15.1 Å². The van der Waals surface area contributed by atoms with Gasteiger partial charge in [0.1, 0.15) is 5.75 Å². The van der Waals surface area contributed by atoms with Gasteiger partial charge in [0, 0.05) is 11.8 Å². The highest BCUT2D eigenvalue weighted by Gasteiger charge is 2.43. The van der Waals surface area contributed by atoms with Gasteiger partial charge in [0.15, 0.2) is 0 Å². The summed E-state index contributed by atoms with van der Waals surface area (Å²) in [7, 11) is 0. The number of ether oxygens (including phenoxy) is 1.